The highest BCUT2D eigenvalue weighted by molar-refractivity contribution is 6.31. The third kappa shape index (κ3) is 5.03. The second-order valence-electron chi connectivity index (χ2n) is 9.63. The Kier molecular flexibility index (Phi) is 7.63. The third-order valence-electron chi connectivity index (χ3n) is 7.58. The van der Waals surface area contributed by atoms with Crippen molar-refractivity contribution in [2.75, 3.05) is 26.2 Å². The van der Waals surface area contributed by atoms with Crippen LogP contribution in [0.25, 0.3) is 22.0 Å². The summed E-state index contributed by atoms with van der Waals surface area (Å²) < 4.78 is 16.0. The fourth-order valence-electron chi connectivity index (χ4n) is 5.68. The Bertz CT molecular complexity index is 1380. The van der Waals surface area contributed by atoms with Gasteiger partial charge in [0.25, 0.3) is 5.91 Å². The molecule has 1 saturated heterocycles. The lowest BCUT2D eigenvalue weighted by Crippen LogP contribution is -2.33. The number of aromatic nitrogens is 1. The zero-order valence-corrected chi connectivity index (χ0v) is 22.2. The van der Waals surface area contributed by atoms with E-state index in [0.29, 0.717) is 17.1 Å². The molecule has 0 saturated carbocycles. The highest BCUT2D eigenvalue weighted by Crippen LogP contribution is 2.44. The molecular weight excluding hydrogens is 485 g/mol. The summed E-state index contributed by atoms with van der Waals surface area (Å²) in [6.45, 7) is 8.76. The van der Waals surface area contributed by atoms with Gasteiger partial charge in [0.1, 0.15) is 5.82 Å². The molecular formula is C31H33ClFN3O. The fraction of sp³-hybridized carbons (Fsp3) is 0.323. The van der Waals surface area contributed by atoms with Crippen LogP contribution in [0.1, 0.15) is 48.8 Å². The van der Waals surface area contributed by atoms with Crippen molar-refractivity contribution in [3.8, 4) is 11.1 Å². The first kappa shape index (κ1) is 25.5. The molecule has 1 aliphatic heterocycles. The van der Waals surface area contributed by atoms with E-state index in [0.717, 1.165) is 66.7 Å². The third-order valence-corrected chi connectivity index (χ3v) is 7.82. The maximum Gasteiger partial charge on any atom is 0.254 e. The zero-order chi connectivity index (χ0) is 25.9. The monoisotopic (exact) mass is 517 g/mol. The number of rotatable bonds is 8. The number of likely N-dealkylation sites (N-methyl/N-ethyl adjacent to an activating group) is 1. The lowest BCUT2D eigenvalue weighted by molar-refractivity contribution is 0.0731. The predicted molar refractivity (Wildman–Crippen MR) is 150 cm³/mol. The maximum atomic E-state index is 13.7. The molecule has 0 radical (unpaired) electrons. The first-order valence-corrected chi connectivity index (χ1v) is 13.6. The van der Waals surface area contributed by atoms with E-state index < -0.39 is 0 Å². The van der Waals surface area contributed by atoms with E-state index >= 15 is 0 Å². The van der Waals surface area contributed by atoms with Gasteiger partial charge in [0.05, 0.1) is 6.04 Å². The van der Waals surface area contributed by atoms with Gasteiger partial charge >= 0.3 is 0 Å². The fourth-order valence-corrected chi connectivity index (χ4v) is 5.85. The van der Waals surface area contributed by atoms with Crippen LogP contribution in [0.3, 0.4) is 0 Å². The highest BCUT2D eigenvalue weighted by Gasteiger charge is 2.36. The number of amides is 1. The molecule has 1 atom stereocenters. The first-order valence-electron chi connectivity index (χ1n) is 13.2. The SMILES string of the molecule is CCN(CC)CCn1c(C2CCCN2C(=O)c2ccc(F)cc2)c(-c2ccccc2)c2cc(Cl)ccc21. The van der Waals surface area contributed by atoms with Crippen molar-refractivity contribution in [3.63, 3.8) is 0 Å². The van der Waals surface area contributed by atoms with Crippen molar-refractivity contribution in [1.29, 1.82) is 0 Å². The summed E-state index contributed by atoms with van der Waals surface area (Å²) in [6, 6.07) is 22.3. The summed E-state index contributed by atoms with van der Waals surface area (Å²) in [4.78, 5) is 18.1. The number of hydrogen-bond acceptors (Lipinski definition) is 2. The van der Waals surface area contributed by atoms with E-state index in [1.54, 1.807) is 12.1 Å². The standard InChI is InChI=1S/C31H33ClFN3O/c1-3-34(4-2)19-20-35-27-17-14-24(32)21-26(27)29(22-9-6-5-7-10-22)30(35)28-11-8-18-36(28)31(37)23-12-15-25(33)16-13-23/h5-7,9-10,12-17,21,28H,3-4,8,11,18-20H2,1-2H3. The van der Waals surface area contributed by atoms with Gasteiger partial charge in [0.15, 0.2) is 0 Å². The van der Waals surface area contributed by atoms with Gasteiger partial charge in [-0.15, -0.1) is 0 Å². The molecule has 1 unspecified atom stereocenters. The normalized spacial score (nSPS) is 15.7. The molecule has 37 heavy (non-hydrogen) atoms. The Morgan fingerprint density at radius 1 is 1.03 bits per heavy atom. The van der Waals surface area contributed by atoms with Gasteiger partial charge in [-0.1, -0.05) is 55.8 Å². The van der Waals surface area contributed by atoms with Gasteiger partial charge in [-0.3, -0.25) is 4.79 Å². The molecule has 6 heteroatoms. The van der Waals surface area contributed by atoms with Gasteiger partial charge in [0, 0.05) is 52.4 Å². The number of nitrogens with zero attached hydrogens (tertiary/aromatic N) is 3. The van der Waals surface area contributed by atoms with Crippen molar-refractivity contribution in [3.05, 3.63) is 94.9 Å². The Balaban J connectivity index is 1.69. The van der Waals surface area contributed by atoms with Crippen molar-refractivity contribution in [1.82, 2.24) is 14.4 Å². The smallest absolute Gasteiger partial charge is 0.254 e. The molecule has 3 aromatic carbocycles. The second-order valence-corrected chi connectivity index (χ2v) is 10.1. The van der Waals surface area contributed by atoms with Crippen molar-refractivity contribution >= 4 is 28.4 Å². The van der Waals surface area contributed by atoms with Crippen molar-refractivity contribution < 1.29 is 9.18 Å². The molecule has 1 aliphatic rings. The average Bonchev–Trinajstić information content (AvgIpc) is 3.52. The molecule has 0 bridgehead atoms. The number of halogens is 2. The van der Waals surface area contributed by atoms with Crippen LogP contribution in [0.4, 0.5) is 4.39 Å². The van der Waals surface area contributed by atoms with Gasteiger partial charge in [-0.2, -0.15) is 0 Å². The molecule has 1 amide bonds. The maximum absolute atomic E-state index is 13.7. The Morgan fingerprint density at radius 3 is 2.46 bits per heavy atom. The average molecular weight is 518 g/mol. The molecule has 2 heterocycles. The molecule has 5 rings (SSSR count). The van der Waals surface area contributed by atoms with Crippen LogP contribution in [0.15, 0.2) is 72.8 Å². The van der Waals surface area contributed by atoms with E-state index in [-0.39, 0.29) is 17.8 Å². The summed E-state index contributed by atoms with van der Waals surface area (Å²) in [5, 5.41) is 1.80. The first-order chi connectivity index (χ1) is 18.0. The molecule has 0 spiro atoms. The van der Waals surface area contributed by atoms with E-state index in [1.165, 1.54) is 12.1 Å². The van der Waals surface area contributed by atoms with E-state index in [2.05, 4.69) is 59.7 Å². The van der Waals surface area contributed by atoms with Gasteiger partial charge in [-0.25, -0.2) is 4.39 Å². The molecule has 4 aromatic rings. The molecule has 1 fully saturated rings. The van der Waals surface area contributed by atoms with E-state index in [9.17, 15) is 9.18 Å². The Hall–Kier alpha value is -3.15. The number of carbonyl (C=O) groups excluding carboxylic acids is 1. The minimum absolute atomic E-state index is 0.0555. The Morgan fingerprint density at radius 2 is 1.76 bits per heavy atom. The molecule has 4 nitrogen and oxygen atoms in total. The number of fused-ring (bicyclic) bond motifs is 1. The van der Waals surface area contributed by atoms with E-state index in [4.69, 9.17) is 11.6 Å². The number of carbonyl (C=O) groups is 1. The van der Waals surface area contributed by atoms with Crippen molar-refractivity contribution in [2.24, 2.45) is 0 Å². The lowest BCUT2D eigenvalue weighted by Gasteiger charge is -2.28. The number of likely N-dealkylation sites (tertiary alicyclic amines) is 1. The molecule has 0 N–H and O–H groups in total. The van der Waals surface area contributed by atoms with Crippen LogP contribution < -0.4 is 0 Å². The van der Waals surface area contributed by atoms with Crippen LogP contribution in [-0.2, 0) is 6.54 Å². The van der Waals surface area contributed by atoms with Crippen LogP contribution in [-0.4, -0.2) is 46.5 Å². The highest BCUT2D eigenvalue weighted by atomic mass is 35.5. The summed E-state index contributed by atoms with van der Waals surface area (Å²) in [5.41, 5.74) is 5.06. The van der Waals surface area contributed by atoms with Gasteiger partial charge in [-0.05, 0) is 74.0 Å². The number of benzene rings is 3. The predicted octanol–water partition coefficient (Wildman–Crippen LogP) is 7.42. The zero-order valence-electron chi connectivity index (χ0n) is 21.5. The summed E-state index contributed by atoms with van der Waals surface area (Å²) in [5.74, 6) is -0.394. The second kappa shape index (κ2) is 11.1. The van der Waals surface area contributed by atoms with Crippen LogP contribution in [0.5, 0.6) is 0 Å². The minimum atomic E-state index is -0.339. The summed E-state index contributed by atoms with van der Waals surface area (Å²) in [6.07, 6.45) is 1.80. The van der Waals surface area contributed by atoms with E-state index in [1.807, 2.05) is 17.0 Å². The molecule has 192 valence electrons. The summed E-state index contributed by atoms with van der Waals surface area (Å²) in [7, 11) is 0. The topological polar surface area (TPSA) is 28.5 Å². The largest absolute Gasteiger partial charge is 0.341 e. The van der Waals surface area contributed by atoms with Gasteiger partial charge in [0.2, 0.25) is 0 Å². The van der Waals surface area contributed by atoms with Crippen LogP contribution >= 0.6 is 11.6 Å². The lowest BCUT2D eigenvalue weighted by atomic mass is 9.97. The van der Waals surface area contributed by atoms with Gasteiger partial charge < -0.3 is 14.4 Å². The number of hydrogen-bond donors (Lipinski definition) is 0. The minimum Gasteiger partial charge on any atom is -0.341 e. The molecule has 1 aromatic heterocycles. The van der Waals surface area contributed by atoms with Crippen LogP contribution in [0, 0.1) is 5.82 Å². The summed E-state index contributed by atoms with van der Waals surface area (Å²) >= 11 is 6.53. The Labute approximate surface area is 223 Å². The van der Waals surface area contributed by atoms with Crippen molar-refractivity contribution in [2.45, 2.75) is 39.3 Å². The van der Waals surface area contributed by atoms with Crippen LogP contribution in [0.2, 0.25) is 5.02 Å². The molecule has 0 aliphatic carbocycles. The quantitative estimate of drug-likeness (QED) is 0.243.